The Balaban J connectivity index is 1.78. The van der Waals surface area contributed by atoms with Crippen LogP contribution >= 0.6 is 11.3 Å². The molecular weight excluding hydrogens is 360 g/mol. The number of anilines is 1. The minimum absolute atomic E-state index is 0.200. The van der Waals surface area contributed by atoms with Crippen LogP contribution in [0.1, 0.15) is 34.3 Å². The largest absolute Gasteiger partial charge is 0.351 e. The van der Waals surface area contributed by atoms with Gasteiger partial charge in [-0.15, -0.1) is 0 Å². The summed E-state index contributed by atoms with van der Waals surface area (Å²) in [5.74, 6) is -0.0667. The minimum atomic E-state index is -0.267. The van der Waals surface area contributed by atoms with Crippen molar-refractivity contribution in [2.45, 2.75) is 26.8 Å². The van der Waals surface area contributed by atoms with Crippen molar-refractivity contribution in [3.8, 4) is 0 Å². The summed E-state index contributed by atoms with van der Waals surface area (Å²) in [5, 5.41) is 4.47. The fourth-order valence-corrected chi connectivity index (χ4v) is 3.90. The lowest BCUT2D eigenvalue weighted by Crippen LogP contribution is -2.30. The number of hydrogen-bond donors (Lipinski definition) is 0. The number of rotatable bonds is 5. The van der Waals surface area contributed by atoms with Gasteiger partial charge in [0.1, 0.15) is 0 Å². The van der Waals surface area contributed by atoms with E-state index in [1.165, 1.54) is 16.9 Å². The third kappa shape index (κ3) is 3.46. The zero-order chi connectivity index (χ0) is 18.8. The maximum atomic E-state index is 13.1. The summed E-state index contributed by atoms with van der Waals surface area (Å²) in [6, 6.07) is 11.5. The van der Waals surface area contributed by atoms with E-state index in [4.69, 9.17) is 9.51 Å². The van der Waals surface area contributed by atoms with E-state index < -0.39 is 0 Å². The van der Waals surface area contributed by atoms with Gasteiger partial charge >= 0.3 is 0 Å². The van der Waals surface area contributed by atoms with Crippen molar-refractivity contribution in [2.75, 3.05) is 4.90 Å². The highest BCUT2D eigenvalue weighted by Gasteiger charge is 2.25. The third-order valence-corrected chi connectivity index (χ3v) is 5.29. The fraction of sp³-hybridized carbons (Fsp3) is 0.200. The molecule has 6 nitrogen and oxygen atoms in total. The van der Waals surface area contributed by atoms with E-state index in [-0.39, 0.29) is 11.7 Å². The molecule has 0 N–H and O–H groups in total. The van der Waals surface area contributed by atoms with Gasteiger partial charge in [0.05, 0.1) is 22.5 Å². The van der Waals surface area contributed by atoms with Gasteiger partial charge in [0.2, 0.25) is 5.76 Å². The van der Waals surface area contributed by atoms with Crippen LogP contribution in [0.2, 0.25) is 0 Å². The van der Waals surface area contributed by atoms with Crippen LogP contribution in [-0.2, 0) is 13.0 Å². The monoisotopic (exact) mass is 378 g/mol. The second-order valence-electron chi connectivity index (χ2n) is 6.20. The number of fused-ring (bicyclic) bond motifs is 1. The highest BCUT2D eigenvalue weighted by atomic mass is 32.1. The maximum absolute atomic E-state index is 13.1. The van der Waals surface area contributed by atoms with Gasteiger partial charge < -0.3 is 4.52 Å². The number of para-hydroxylation sites is 1. The van der Waals surface area contributed by atoms with E-state index in [1.807, 2.05) is 24.3 Å². The summed E-state index contributed by atoms with van der Waals surface area (Å²) in [5.41, 5.74) is 3.69. The Labute approximate surface area is 160 Å². The van der Waals surface area contributed by atoms with Crippen molar-refractivity contribution in [1.29, 1.82) is 0 Å². The first-order valence-electron chi connectivity index (χ1n) is 8.68. The van der Waals surface area contributed by atoms with Crippen LogP contribution in [0.5, 0.6) is 0 Å². The molecule has 0 fully saturated rings. The maximum Gasteiger partial charge on any atom is 0.298 e. The van der Waals surface area contributed by atoms with Crippen molar-refractivity contribution in [1.82, 2.24) is 15.1 Å². The van der Waals surface area contributed by atoms with Crippen LogP contribution in [-0.4, -0.2) is 21.0 Å². The quantitative estimate of drug-likeness (QED) is 0.515. The first-order chi connectivity index (χ1) is 13.2. The Morgan fingerprint density at radius 2 is 2.15 bits per heavy atom. The van der Waals surface area contributed by atoms with E-state index in [0.29, 0.717) is 17.4 Å². The Morgan fingerprint density at radius 1 is 1.26 bits per heavy atom. The number of thiazole rings is 1. The van der Waals surface area contributed by atoms with Gasteiger partial charge in [-0.25, -0.2) is 4.98 Å². The second kappa shape index (κ2) is 7.28. The lowest BCUT2D eigenvalue weighted by atomic mass is 10.1. The highest BCUT2D eigenvalue weighted by Crippen LogP contribution is 2.32. The molecular formula is C20H18N4O2S. The second-order valence-corrected chi connectivity index (χ2v) is 7.21. The molecule has 136 valence electrons. The Morgan fingerprint density at radius 3 is 2.85 bits per heavy atom. The molecule has 1 amide bonds. The molecule has 4 rings (SSSR count). The molecule has 0 spiro atoms. The molecule has 0 unspecified atom stereocenters. The molecule has 0 bridgehead atoms. The molecule has 0 aliphatic heterocycles. The lowest BCUT2D eigenvalue weighted by Gasteiger charge is -2.18. The van der Waals surface area contributed by atoms with E-state index in [9.17, 15) is 4.79 Å². The molecule has 7 heteroatoms. The normalized spacial score (nSPS) is 11.0. The summed E-state index contributed by atoms with van der Waals surface area (Å²) in [4.78, 5) is 23.7. The van der Waals surface area contributed by atoms with Crippen molar-refractivity contribution < 1.29 is 9.32 Å². The van der Waals surface area contributed by atoms with Gasteiger partial charge in [-0.2, -0.15) is 0 Å². The van der Waals surface area contributed by atoms with Crippen molar-refractivity contribution in [3.63, 3.8) is 0 Å². The van der Waals surface area contributed by atoms with Crippen LogP contribution in [0, 0.1) is 6.92 Å². The van der Waals surface area contributed by atoms with Crippen LogP contribution < -0.4 is 4.90 Å². The summed E-state index contributed by atoms with van der Waals surface area (Å²) in [6.45, 7) is 4.24. The zero-order valence-corrected chi connectivity index (χ0v) is 15.9. The van der Waals surface area contributed by atoms with Gasteiger partial charge in [-0.1, -0.05) is 41.6 Å². The van der Waals surface area contributed by atoms with Crippen LogP contribution in [0.3, 0.4) is 0 Å². The standard InChI is InChI=1S/C20H18N4O2S/c1-3-15-7-4-8-17-18(15)22-20(27-17)24(12-14-6-5-9-21-11-14)19(25)16-10-13(2)23-26-16/h4-11H,3,12H2,1-2H3. The molecule has 0 saturated carbocycles. The predicted molar refractivity (Wildman–Crippen MR) is 105 cm³/mol. The number of aromatic nitrogens is 3. The van der Waals surface area contributed by atoms with Crippen LogP contribution in [0.4, 0.5) is 5.13 Å². The number of nitrogens with zero attached hydrogens (tertiary/aromatic N) is 4. The summed E-state index contributed by atoms with van der Waals surface area (Å²) >= 11 is 1.50. The third-order valence-electron chi connectivity index (χ3n) is 4.25. The minimum Gasteiger partial charge on any atom is -0.351 e. The van der Waals surface area contributed by atoms with Gasteiger partial charge in [0, 0.05) is 18.5 Å². The lowest BCUT2D eigenvalue weighted by molar-refractivity contribution is 0.0949. The number of hydrogen-bond acceptors (Lipinski definition) is 6. The van der Waals surface area contributed by atoms with Gasteiger partial charge in [0.25, 0.3) is 5.91 Å². The number of amides is 1. The Kier molecular flexibility index (Phi) is 4.68. The first kappa shape index (κ1) is 17.4. The number of carbonyl (C=O) groups is 1. The summed E-state index contributed by atoms with van der Waals surface area (Å²) < 4.78 is 6.26. The topological polar surface area (TPSA) is 72.1 Å². The number of benzene rings is 1. The SMILES string of the molecule is CCc1cccc2sc(N(Cc3cccnc3)C(=O)c3cc(C)no3)nc12. The van der Waals surface area contributed by atoms with E-state index in [1.54, 1.807) is 30.3 Å². The Bertz CT molecular complexity index is 1090. The molecule has 0 radical (unpaired) electrons. The molecule has 0 aliphatic rings. The molecule has 0 atom stereocenters. The van der Waals surface area contributed by atoms with E-state index in [2.05, 4.69) is 23.1 Å². The number of carbonyl (C=O) groups excluding carboxylic acids is 1. The molecule has 0 saturated heterocycles. The van der Waals surface area contributed by atoms with E-state index >= 15 is 0 Å². The molecule has 3 aromatic heterocycles. The molecule has 3 heterocycles. The fourth-order valence-electron chi connectivity index (χ4n) is 2.89. The molecule has 27 heavy (non-hydrogen) atoms. The van der Waals surface area contributed by atoms with Crippen molar-refractivity contribution in [2.24, 2.45) is 0 Å². The molecule has 4 aromatic rings. The van der Waals surface area contributed by atoms with Gasteiger partial charge in [-0.05, 0) is 36.6 Å². The summed E-state index contributed by atoms with van der Waals surface area (Å²) in [6.07, 6.45) is 4.34. The number of aryl methyl sites for hydroxylation is 2. The average Bonchev–Trinajstić information content (AvgIpc) is 3.32. The van der Waals surface area contributed by atoms with Crippen molar-refractivity contribution >= 4 is 32.6 Å². The predicted octanol–water partition coefficient (Wildman–Crippen LogP) is 4.40. The first-order valence-corrected chi connectivity index (χ1v) is 9.50. The van der Waals surface area contributed by atoms with Gasteiger partial charge in [0.15, 0.2) is 5.13 Å². The smallest absolute Gasteiger partial charge is 0.298 e. The number of pyridine rings is 1. The van der Waals surface area contributed by atoms with Gasteiger partial charge in [-0.3, -0.25) is 14.7 Å². The zero-order valence-electron chi connectivity index (χ0n) is 15.0. The summed E-state index contributed by atoms with van der Waals surface area (Å²) in [7, 11) is 0. The molecule has 1 aromatic carbocycles. The van der Waals surface area contributed by atoms with Crippen LogP contribution in [0.15, 0.2) is 53.3 Å². The van der Waals surface area contributed by atoms with Crippen molar-refractivity contribution in [3.05, 3.63) is 71.4 Å². The molecule has 0 aliphatic carbocycles. The highest BCUT2D eigenvalue weighted by molar-refractivity contribution is 7.22. The Hall–Kier alpha value is -3.06. The average molecular weight is 378 g/mol. The van der Waals surface area contributed by atoms with E-state index in [0.717, 1.165) is 22.2 Å². The van der Waals surface area contributed by atoms with Crippen LogP contribution in [0.25, 0.3) is 10.2 Å².